The minimum Gasteiger partial charge on any atom is -0.481 e. The summed E-state index contributed by atoms with van der Waals surface area (Å²) < 4.78 is 0. The second-order valence-corrected chi connectivity index (χ2v) is 2.64. The minimum absolute atomic E-state index is 0.0594. The number of hydrogen-bond acceptors (Lipinski definition) is 2. The number of aliphatic carboxylic acids is 1. The minimum atomic E-state index is -0.993. The summed E-state index contributed by atoms with van der Waals surface area (Å²) in [7, 11) is 0. The first-order chi connectivity index (χ1) is 5.59. The van der Waals surface area contributed by atoms with Crippen molar-refractivity contribution in [3.05, 3.63) is 33.2 Å². The number of hydrogen-bond donors (Lipinski definition) is 2. The molecule has 0 saturated heterocycles. The lowest BCUT2D eigenvalue weighted by molar-refractivity contribution is -0.136. The fraction of sp³-hybridized carbons (Fsp3) is 0.143. The Labute approximate surface area is 72.8 Å². The molecule has 2 N–H and O–H groups in total. The monoisotopic (exact) mass is 187 g/mol. The Hall–Kier alpha value is -1.29. The number of aromatic amines is 1. The standard InChI is InChI=1S/C7H6ClNO3/c8-5-2-1-4(3-6(10)11)9-7(5)12/h1-2H,3H2,(H,9,12)(H,10,11). The largest absolute Gasteiger partial charge is 0.481 e. The van der Waals surface area contributed by atoms with E-state index in [4.69, 9.17) is 16.7 Å². The van der Waals surface area contributed by atoms with Gasteiger partial charge in [-0.1, -0.05) is 11.6 Å². The second kappa shape index (κ2) is 3.40. The molecule has 0 bridgehead atoms. The summed E-state index contributed by atoms with van der Waals surface area (Å²) >= 11 is 5.43. The van der Waals surface area contributed by atoms with Gasteiger partial charge in [0.25, 0.3) is 5.56 Å². The van der Waals surface area contributed by atoms with E-state index in [1.165, 1.54) is 12.1 Å². The van der Waals surface area contributed by atoms with Gasteiger partial charge in [-0.3, -0.25) is 9.59 Å². The molecule has 0 amide bonds. The van der Waals surface area contributed by atoms with Crippen LogP contribution in [0.2, 0.25) is 5.02 Å². The average molecular weight is 188 g/mol. The van der Waals surface area contributed by atoms with E-state index in [9.17, 15) is 9.59 Å². The summed E-state index contributed by atoms with van der Waals surface area (Å²) in [5.74, 6) is -0.993. The number of rotatable bonds is 2. The number of aromatic nitrogens is 1. The normalized spacial score (nSPS) is 9.75. The van der Waals surface area contributed by atoms with E-state index in [0.29, 0.717) is 5.69 Å². The maximum atomic E-state index is 10.8. The van der Waals surface area contributed by atoms with Crippen molar-refractivity contribution in [3.63, 3.8) is 0 Å². The first kappa shape index (κ1) is 8.80. The van der Waals surface area contributed by atoms with Gasteiger partial charge in [-0.05, 0) is 12.1 Å². The van der Waals surface area contributed by atoms with Crippen LogP contribution >= 0.6 is 11.6 Å². The van der Waals surface area contributed by atoms with Crippen LogP contribution in [0.25, 0.3) is 0 Å². The van der Waals surface area contributed by atoms with E-state index in [-0.39, 0.29) is 11.4 Å². The Morgan fingerprint density at radius 3 is 2.75 bits per heavy atom. The van der Waals surface area contributed by atoms with E-state index >= 15 is 0 Å². The second-order valence-electron chi connectivity index (χ2n) is 2.23. The van der Waals surface area contributed by atoms with Crippen molar-refractivity contribution in [2.75, 3.05) is 0 Å². The Morgan fingerprint density at radius 2 is 2.25 bits per heavy atom. The number of carbonyl (C=O) groups is 1. The molecule has 0 unspecified atom stereocenters. The fourth-order valence-corrected chi connectivity index (χ4v) is 0.873. The highest BCUT2D eigenvalue weighted by molar-refractivity contribution is 6.30. The molecule has 0 aliphatic carbocycles. The van der Waals surface area contributed by atoms with E-state index in [1.54, 1.807) is 0 Å². The quantitative estimate of drug-likeness (QED) is 0.715. The molecule has 1 heterocycles. The van der Waals surface area contributed by atoms with Crippen LogP contribution < -0.4 is 5.56 Å². The van der Waals surface area contributed by atoms with Gasteiger partial charge in [0, 0.05) is 5.69 Å². The average Bonchev–Trinajstić information content (AvgIpc) is 1.96. The molecule has 0 fully saturated rings. The van der Waals surface area contributed by atoms with Crippen LogP contribution in [0.15, 0.2) is 16.9 Å². The molecular formula is C7H6ClNO3. The maximum absolute atomic E-state index is 10.8. The molecule has 1 aromatic rings. The number of H-pyrrole nitrogens is 1. The number of carboxylic acid groups (broad SMARTS) is 1. The summed E-state index contributed by atoms with van der Waals surface area (Å²) in [5, 5.41) is 8.43. The zero-order chi connectivity index (χ0) is 9.14. The molecule has 1 aromatic heterocycles. The first-order valence-corrected chi connectivity index (χ1v) is 3.57. The van der Waals surface area contributed by atoms with Gasteiger partial charge >= 0.3 is 5.97 Å². The summed E-state index contributed by atoms with van der Waals surface area (Å²) in [4.78, 5) is 23.4. The number of pyridine rings is 1. The van der Waals surface area contributed by atoms with E-state index in [0.717, 1.165) is 0 Å². The molecule has 1 rings (SSSR count). The topological polar surface area (TPSA) is 70.2 Å². The molecule has 4 nitrogen and oxygen atoms in total. The highest BCUT2D eigenvalue weighted by atomic mass is 35.5. The molecular weight excluding hydrogens is 182 g/mol. The Bertz CT molecular complexity index is 358. The van der Waals surface area contributed by atoms with Crippen LogP contribution in [0.5, 0.6) is 0 Å². The molecule has 12 heavy (non-hydrogen) atoms. The smallest absolute Gasteiger partial charge is 0.309 e. The lowest BCUT2D eigenvalue weighted by Gasteiger charge is -1.95. The first-order valence-electron chi connectivity index (χ1n) is 3.19. The van der Waals surface area contributed by atoms with Crippen molar-refractivity contribution in [3.8, 4) is 0 Å². The number of carboxylic acids is 1. The Kier molecular flexibility index (Phi) is 2.50. The zero-order valence-electron chi connectivity index (χ0n) is 6.00. The lowest BCUT2D eigenvalue weighted by Crippen LogP contribution is -2.11. The molecule has 0 aliphatic rings. The van der Waals surface area contributed by atoms with Gasteiger partial charge in [-0.2, -0.15) is 0 Å². The van der Waals surface area contributed by atoms with Crippen molar-refractivity contribution in [1.82, 2.24) is 4.98 Å². The van der Waals surface area contributed by atoms with Gasteiger partial charge in [0.05, 0.1) is 6.42 Å². The highest BCUT2D eigenvalue weighted by Crippen LogP contribution is 2.00. The molecule has 5 heteroatoms. The third-order valence-electron chi connectivity index (χ3n) is 1.26. The van der Waals surface area contributed by atoms with Crippen molar-refractivity contribution in [2.24, 2.45) is 0 Å². The van der Waals surface area contributed by atoms with Crippen LogP contribution in [0.3, 0.4) is 0 Å². The van der Waals surface area contributed by atoms with E-state index in [1.807, 2.05) is 0 Å². The van der Waals surface area contributed by atoms with Gasteiger partial charge in [-0.15, -0.1) is 0 Å². The van der Waals surface area contributed by atoms with Crippen molar-refractivity contribution in [2.45, 2.75) is 6.42 Å². The van der Waals surface area contributed by atoms with Crippen molar-refractivity contribution < 1.29 is 9.90 Å². The molecule has 0 atom stereocenters. The van der Waals surface area contributed by atoms with Crippen LogP contribution in [-0.4, -0.2) is 16.1 Å². The SMILES string of the molecule is O=C(O)Cc1ccc(Cl)c(=O)[nH]1. The van der Waals surface area contributed by atoms with Crippen molar-refractivity contribution in [1.29, 1.82) is 0 Å². The molecule has 0 radical (unpaired) electrons. The summed E-state index contributed by atoms with van der Waals surface area (Å²) in [6.07, 6.45) is -0.202. The predicted molar refractivity (Wildman–Crippen MR) is 43.4 cm³/mol. The zero-order valence-corrected chi connectivity index (χ0v) is 6.76. The molecule has 0 aliphatic heterocycles. The number of halogens is 1. The highest BCUT2D eigenvalue weighted by Gasteiger charge is 2.02. The molecule has 64 valence electrons. The maximum Gasteiger partial charge on any atom is 0.309 e. The van der Waals surface area contributed by atoms with Crippen LogP contribution in [-0.2, 0) is 11.2 Å². The van der Waals surface area contributed by atoms with Gasteiger partial charge < -0.3 is 10.1 Å². The van der Waals surface area contributed by atoms with E-state index in [2.05, 4.69) is 4.98 Å². The van der Waals surface area contributed by atoms with Gasteiger partial charge in [0.1, 0.15) is 5.02 Å². The van der Waals surface area contributed by atoms with Crippen molar-refractivity contribution >= 4 is 17.6 Å². The van der Waals surface area contributed by atoms with Gasteiger partial charge in [0.15, 0.2) is 0 Å². The Balaban J connectivity index is 2.97. The van der Waals surface area contributed by atoms with Gasteiger partial charge in [0.2, 0.25) is 0 Å². The number of nitrogens with one attached hydrogen (secondary N) is 1. The van der Waals surface area contributed by atoms with Gasteiger partial charge in [-0.25, -0.2) is 0 Å². The van der Waals surface area contributed by atoms with Crippen LogP contribution in [0, 0.1) is 0 Å². The molecule has 0 aromatic carbocycles. The summed E-state index contributed by atoms with van der Waals surface area (Å²) in [6, 6.07) is 2.84. The van der Waals surface area contributed by atoms with Crippen LogP contribution in [0.4, 0.5) is 0 Å². The third kappa shape index (κ3) is 2.10. The summed E-state index contributed by atoms with van der Waals surface area (Å²) in [5.41, 5.74) is -0.118. The van der Waals surface area contributed by atoms with E-state index < -0.39 is 11.5 Å². The molecule has 0 saturated carbocycles. The predicted octanol–water partition coefficient (Wildman–Crippen LogP) is 0.655. The fourth-order valence-electron chi connectivity index (χ4n) is 0.763. The third-order valence-corrected chi connectivity index (χ3v) is 1.56. The Morgan fingerprint density at radius 1 is 1.58 bits per heavy atom. The lowest BCUT2D eigenvalue weighted by atomic mass is 10.3. The molecule has 0 spiro atoms. The van der Waals surface area contributed by atoms with Crippen LogP contribution in [0.1, 0.15) is 5.69 Å². The summed E-state index contributed by atoms with van der Waals surface area (Å²) in [6.45, 7) is 0.